The predicted molar refractivity (Wildman–Crippen MR) is 121 cm³/mol. The van der Waals surface area contributed by atoms with Gasteiger partial charge in [-0.25, -0.2) is 4.90 Å². The summed E-state index contributed by atoms with van der Waals surface area (Å²) in [6, 6.07) is 23.3. The minimum atomic E-state index is -0.431. The van der Waals surface area contributed by atoms with Crippen LogP contribution in [0.15, 0.2) is 84.6 Å². The van der Waals surface area contributed by atoms with Crippen LogP contribution in [0.5, 0.6) is 0 Å². The second-order valence-corrected chi connectivity index (χ2v) is 7.23. The Kier molecular flexibility index (Phi) is 5.37. The number of aryl methyl sites for hydroxylation is 1. The van der Waals surface area contributed by atoms with Crippen molar-refractivity contribution in [1.29, 1.82) is 0 Å². The molecule has 0 atom stereocenters. The first-order chi connectivity index (χ1) is 15.0. The van der Waals surface area contributed by atoms with Gasteiger partial charge >= 0.3 is 0 Å². The molecule has 4 rings (SSSR count). The van der Waals surface area contributed by atoms with E-state index in [4.69, 9.17) is 0 Å². The number of hydrogen-bond acceptors (Lipinski definition) is 4. The molecule has 6 nitrogen and oxygen atoms in total. The highest BCUT2D eigenvalue weighted by atomic mass is 16.2. The number of imide groups is 1. The Morgan fingerprint density at radius 1 is 0.806 bits per heavy atom. The number of nitrogens with one attached hydrogen (secondary N) is 2. The third kappa shape index (κ3) is 3.96. The van der Waals surface area contributed by atoms with Crippen LogP contribution in [0.4, 0.5) is 17.1 Å². The van der Waals surface area contributed by atoms with Gasteiger partial charge in [-0.2, -0.15) is 0 Å². The molecule has 1 heterocycles. The van der Waals surface area contributed by atoms with Crippen LogP contribution in [0.1, 0.15) is 18.1 Å². The predicted octanol–water partition coefficient (Wildman–Crippen LogP) is 4.35. The molecular formula is C25H21N3O3. The second kappa shape index (κ2) is 8.28. The summed E-state index contributed by atoms with van der Waals surface area (Å²) in [5, 5.41) is 5.86. The van der Waals surface area contributed by atoms with Crippen molar-refractivity contribution in [2.45, 2.75) is 13.8 Å². The lowest BCUT2D eigenvalue weighted by atomic mass is 10.0. The van der Waals surface area contributed by atoms with Crippen molar-refractivity contribution in [3.63, 3.8) is 0 Å². The van der Waals surface area contributed by atoms with Gasteiger partial charge in [0.1, 0.15) is 5.70 Å². The lowest BCUT2D eigenvalue weighted by molar-refractivity contribution is -0.120. The molecule has 3 amide bonds. The van der Waals surface area contributed by atoms with Gasteiger partial charge in [-0.05, 0) is 48.4 Å². The Hall–Kier alpha value is -4.19. The molecule has 154 valence electrons. The monoisotopic (exact) mass is 411 g/mol. The average Bonchev–Trinajstić information content (AvgIpc) is 3.00. The molecule has 0 aliphatic carbocycles. The van der Waals surface area contributed by atoms with Crippen molar-refractivity contribution >= 4 is 40.4 Å². The lowest BCUT2D eigenvalue weighted by Crippen LogP contribution is -2.32. The first-order valence-corrected chi connectivity index (χ1v) is 9.84. The van der Waals surface area contributed by atoms with E-state index >= 15 is 0 Å². The molecule has 0 fully saturated rings. The zero-order chi connectivity index (χ0) is 22.0. The zero-order valence-electron chi connectivity index (χ0n) is 17.2. The molecule has 0 radical (unpaired) electrons. The summed E-state index contributed by atoms with van der Waals surface area (Å²) in [6.07, 6.45) is 0. The molecule has 0 saturated carbocycles. The van der Waals surface area contributed by atoms with Crippen molar-refractivity contribution in [1.82, 2.24) is 0 Å². The Morgan fingerprint density at radius 3 is 2.10 bits per heavy atom. The standard InChI is InChI=1S/C25H21N3O3/c1-16-8-6-7-11-21(16)27-23-22(18-9-4-3-5-10-18)24(30)28(25(23)31)20-14-12-19(13-15-20)26-17(2)29/h3-15,27H,1-2H3,(H,26,29). The maximum Gasteiger partial charge on any atom is 0.282 e. The Bertz CT molecular complexity index is 1200. The summed E-state index contributed by atoms with van der Waals surface area (Å²) in [5.74, 6) is -1.03. The van der Waals surface area contributed by atoms with Crippen LogP contribution >= 0.6 is 0 Å². The van der Waals surface area contributed by atoms with Crippen molar-refractivity contribution in [2.24, 2.45) is 0 Å². The molecule has 2 N–H and O–H groups in total. The molecule has 3 aromatic rings. The fourth-order valence-corrected chi connectivity index (χ4v) is 3.50. The molecule has 0 unspecified atom stereocenters. The topological polar surface area (TPSA) is 78.5 Å². The van der Waals surface area contributed by atoms with Crippen LogP contribution in [-0.4, -0.2) is 17.7 Å². The highest BCUT2D eigenvalue weighted by Gasteiger charge is 2.40. The molecule has 6 heteroatoms. The number of nitrogens with zero attached hydrogens (tertiary/aromatic N) is 1. The van der Waals surface area contributed by atoms with Crippen molar-refractivity contribution < 1.29 is 14.4 Å². The van der Waals surface area contributed by atoms with Crippen LogP contribution < -0.4 is 15.5 Å². The molecular weight excluding hydrogens is 390 g/mol. The number of para-hydroxylation sites is 1. The van der Waals surface area contributed by atoms with E-state index in [9.17, 15) is 14.4 Å². The number of anilines is 3. The zero-order valence-corrected chi connectivity index (χ0v) is 17.2. The maximum atomic E-state index is 13.4. The summed E-state index contributed by atoms with van der Waals surface area (Å²) in [7, 11) is 0. The second-order valence-electron chi connectivity index (χ2n) is 7.23. The molecule has 1 aliphatic heterocycles. The highest BCUT2D eigenvalue weighted by molar-refractivity contribution is 6.46. The molecule has 0 saturated heterocycles. The molecule has 1 aliphatic rings. The average molecular weight is 411 g/mol. The fraction of sp³-hybridized carbons (Fsp3) is 0.0800. The van der Waals surface area contributed by atoms with Gasteiger partial charge in [0.15, 0.2) is 0 Å². The minimum absolute atomic E-state index is 0.196. The molecule has 0 bridgehead atoms. The van der Waals surface area contributed by atoms with Crippen molar-refractivity contribution in [3.05, 3.63) is 95.7 Å². The summed E-state index contributed by atoms with van der Waals surface area (Å²) in [6.45, 7) is 3.35. The van der Waals surface area contributed by atoms with E-state index in [1.165, 1.54) is 6.92 Å². The van der Waals surface area contributed by atoms with E-state index in [0.29, 0.717) is 22.5 Å². The van der Waals surface area contributed by atoms with Gasteiger partial charge < -0.3 is 10.6 Å². The number of amides is 3. The highest BCUT2D eigenvalue weighted by Crippen LogP contribution is 2.34. The quantitative estimate of drug-likeness (QED) is 0.612. The van der Waals surface area contributed by atoms with E-state index in [-0.39, 0.29) is 11.6 Å². The summed E-state index contributed by atoms with van der Waals surface area (Å²) in [5.41, 5.74) is 3.95. The number of rotatable bonds is 5. The van der Waals surface area contributed by atoms with Crippen LogP contribution in [0.3, 0.4) is 0 Å². The first kappa shape index (κ1) is 20.1. The van der Waals surface area contributed by atoms with Gasteiger partial charge in [-0.3, -0.25) is 14.4 Å². The first-order valence-electron chi connectivity index (χ1n) is 9.84. The number of carbonyl (C=O) groups is 3. The number of carbonyl (C=O) groups excluding carboxylic acids is 3. The van der Waals surface area contributed by atoms with Crippen LogP contribution in [-0.2, 0) is 14.4 Å². The third-order valence-corrected chi connectivity index (χ3v) is 5.00. The van der Waals surface area contributed by atoms with Crippen molar-refractivity contribution in [3.8, 4) is 0 Å². The van der Waals surface area contributed by atoms with Crippen molar-refractivity contribution in [2.75, 3.05) is 15.5 Å². The fourth-order valence-electron chi connectivity index (χ4n) is 3.50. The van der Waals surface area contributed by atoms with E-state index in [0.717, 1.165) is 16.2 Å². The van der Waals surface area contributed by atoms with E-state index in [2.05, 4.69) is 10.6 Å². The largest absolute Gasteiger partial charge is 0.350 e. The maximum absolute atomic E-state index is 13.4. The van der Waals surface area contributed by atoms with Gasteiger partial charge in [0, 0.05) is 18.3 Å². The minimum Gasteiger partial charge on any atom is -0.350 e. The summed E-state index contributed by atoms with van der Waals surface area (Å²) >= 11 is 0. The van der Waals surface area contributed by atoms with Gasteiger partial charge in [0.05, 0.1) is 11.3 Å². The SMILES string of the molecule is CC(=O)Nc1ccc(N2C(=O)C(Nc3ccccc3C)=C(c3ccccc3)C2=O)cc1. The van der Waals surface area contributed by atoms with Gasteiger partial charge in [-0.1, -0.05) is 48.5 Å². The summed E-state index contributed by atoms with van der Waals surface area (Å²) in [4.78, 5) is 39.2. The van der Waals surface area contributed by atoms with E-state index in [1.54, 1.807) is 24.3 Å². The van der Waals surface area contributed by atoms with Crippen LogP contribution in [0, 0.1) is 6.92 Å². The Morgan fingerprint density at radius 2 is 1.45 bits per heavy atom. The summed E-state index contributed by atoms with van der Waals surface area (Å²) < 4.78 is 0. The molecule has 0 aromatic heterocycles. The van der Waals surface area contributed by atoms with Gasteiger partial charge in [-0.15, -0.1) is 0 Å². The van der Waals surface area contributed by atoms with E-state index in [1.807, 2.05) is 61.5 Å². The lowest BCUT2D eigenvalue weighted by Gasteiger charge is -2.16. The van der Waals surface area contributed by atoms with Crippen LogP contribution in [0.25, 0.3) is 5.57 Å². The third-order valence-electron chi connectivity index (χ3n) is 5.00. The normalized spacial score (nSPS) is 13.5. The number of benzene rings is 3. The Balaban J connectivity index is 1.75. The molecule has 31 heavy (non-hydrogen) atoms. The smallest absolute Gasteiger partial charge is 0.282 e. The molecule has 0 spiro atoms. The van der Waals surface area contributed by atoms with Gasteiger partial charge in [0.25, 0.3) is 11.8 Å². The van der Waals surface area contributed by atoms with E-state index < -0.39 is 11.8 Å². The number of hydrogen-bond donors (Lipinski definition) is 2. The van der Waals surface area contributed by atoms with Gasteiger partial charge in [0.2, 0.25) is 5.91 Å². The van der Waals surface area contributed by atoms with Crippen LogP contribution in [0.2, 0.25) is 0 Å². The molecule has 3 aromatic carbocycles. The Labute approximate surface area is 180 Å².